The fraction of sp³-hybridized carbons (Fsp3) is 0. The molecular formula is C6H4F2O3S. The van der Waals surface area contributed by atoms with Crippen LogP contribution in [-0.4, -0.2) is 13.5 Å². The first-order valence-electron chi connectivity index (χ1n) is 2.84. The van der Waals surface area contributed by atoms with Crippen molar-refractivity contribution in [2.45, 2.75) is 4.90 Å². The monoisotopic (exact) mass is 194 g/mol. The molecule has 0 bridgehead atoms. The molecule has 0 unspecified atom stereocenters. The van der Waals surface area contributed by atoms with E-state index in [9.17, 15) is 16.7 Å². The summed E-state index contributed by atoms with van der Waals surface area (Å²) in [5, 5.41) is 8.62. The van der Waals surface area contributed by atoms with Gasteiger partial charge in [0.15, 0.2) is 11.6 Å². The first-order chi connectivity index (χ1) is 5.41. The number of hydrogen-bond donors (Lipinski definition) is 1. The van der Waals surface area contributed by atoms with Crippen LogP contribution in [0.15, 0.2) is 23.1 Å². The van der Waals surface area contributed by atoms with E-state index in [2.05, 4.69) is 0 Å². The van der Waals surface area contributed by atoms with E-state index in [1.165, 1.54) is 0 Å². The van der Waals surface area contributed by atoms with E-state index in [1.807, 2.05) is 0 Å². The molecule has 0 fully saturated rings. The molecule has 0 aromatic heterocycles. The van der Waals surface area contributed by atoms with Crippen molar-refractivity contribution in [3.8, 4) is 5.75 Å². The maximum atomic E-state index is 12.4. The van der Waals surface area contributed by atoms with Gasteiger partial charge in [0.05, 0.1) is 0 Å². The molecule has 1 N–H and O–H groups in total. The summed E-state index contributed by atoms with van der Waals surface area (Å²) >= 11 is 0. The number of phenolic OH excluding ortho intramolecular Hbond substituents is 1. The zero-order valence-electron chi connectivity index (χ0n) is 5.66. The molecule has 0 aliphatic rings. The molecule has 0 aliphatic heterocycles. The Bertz CT molecular complexity index is 399. The highest BCUT2D eigenvalue weighted by Crippen LogP contribution is 2.20. The lowest BCUT2D eigenvalue weighted by Crippen LogP contribution is -1.92. The van der Waals surface area contributed by atoms with Gasteiger partial charge < -0.3 is 5.11 Å². The Morgan fingerprint density at radius 1 is 1.33 bits per heavy atom. The largest absolute Gasteiger partial charge is 0.505 e. The number of rotatable bonds is 1. The van der Waals surface area contributed by atoms with Gasteiger partial charge in [-0.05, 0) is 18.2 Å². The third-order valence-electron chi connectivity index (χ3n) is 1.20. The number of hydrogen-bond acceptors (Lipinski definition) is 3. The van der Waals surface area contributed by atoms with Crippen LogP contribution >= 0.6 is 0 Å². The number of benzene rings is 1. The van der Waals surface area contributed by atoms with E-state index in [-0.39, 0.29) is 0 Å². The minimum Gasteiger partial charge on any atom is -0.505 e. The summed E-state index contributed by atoms with van der Waals surface area (Å²) in [5.41, 5.74) is 0. The smallest absolute Gasteiger partial charge is 0.332 e. The van der Waals surface area contributed by atoms with Crippen LogP contribution in [0.25, 0.3) is 0 Å². The van der Waals surface area contributed by atoms with E-state index in [1.54, 1.807) is 0 Å². The van der Waals surface area contributed by atoms with Crippen molar-refractivity contribution in [2.75, 3.05) is 0 Å². The summed E-state index contributed by atoms with van der Waals surface area (Å²) in [6.07, 6.45) is 0. The second kappa shape index (κ2) is 2.71. The lowest BCUT2D eigenvalue weighted by atomic mass is 10.3. The van der Waals surface area contributed by atoms with Gasteiger partial charge in [-0.25, -0.2) is 4.39 Å². The molecule has 12 heavy (non-hydrogen) atoms. The lowest BCUT2D eigenvalue weighted by molar-refractivity contribution is 0.430. The Morgan fingerprint density at radius 2 is 1.92 bits per heavy atom. The van der Waals surface area contributed by atoms with Gasteiger partial charge in [-0.1, -0.05) is 0 Å². The van der Waals surface area contributed by atoms with Gasteiger partial charge in [-0.2, -0.15) is 8.42 Å². The molecule has 0 saturated carbocycles. The second-order valence-corrected chi connectivity index (χ2v) is 3.40. The van der Waals surface area contributed by atoms with E-state index in [0.717, 1.165) is 12.1 Å². The molecule has 0 radical (unpaired) electrons. The van der Waals surface area contributed by atoms with Gasteiger partial charge in [-0.15, -0.1) is 3.89 Å². The predicted molar refractivity (Wildman–Crippen MR) is 36.4 cm³/mol. The van der Waals surface area contributed by atoms with Crippen molar-refractivity contribution in [1.82, 2.24) is 0 Å². The van der Waals surface area contributed by atoms with Gasteiger partial charge >= 0.3 is 10.2 Å². The maximum Gasteiger partial charge on any atom is 0.332 e. The SMILES string of the molecule is O=S(=O)(F)c1ccc(O)c(F)c1. The fourth-order valence-electron chi connectivity index (χ4n) is 0.639. The lowest BCUT2D eigenvalue weighted by Gasteiger charge is -1.96. The normalized spacial score (nSPS) is 11.5. The zero-order valence-corrected chi connectivity index (χ0v) is 6.48. The molecule has 0 atom stereocenters. The predicted octanol–water partition coefficient (Wildman–Crippen LogP) is 1.19. The van der Waals surface area contributed by atoms with Crippen molar-refractivity contribution in [3.63, 3.8) is 0 Å². The van der Waals surface area contributed by atoms with Crippen molar-refractivity contribution >= 4 is 10.2 Å². The third kappa shape index (κ3) is 1.70. The van der Waals surface area contributed by atoms with Crippen LogP contribution in [0.5, 0.6) is 5.75 Å². The number of aromatic hydroxyl groups is 1. The molecule has 0 saturated heterocycles. The van der Waals surface area contributed by atoms with Crippen LogP contribution in [0.3, 0.4) is 0 Å². The molecule has 0 aliphatic carbocycles. The molecule has 66 valence electrons. The Hall–Kier alpha value is -1.17. The molecule has 0 heterocycles. The quantitative estimate of drug-likeness (QED) is 0.683. The van der Waals surface area contributed by atoms with Crippen molar-refractivity contribution in [3.05, 3.63) is 24.0 Å². The topological polar surface area (TPSA) is 54.4 Å². The van der Waals surface area contributed by atoms with Gasteiger partial charge in [0.1, 0.15) is 4.90 Å². The van der Waals surface area contributed by atoms with Crippen LogP contribution < -0.4 is 0 Å². The van der Waals surface area contributed by atoms with E-state index in [4.69, 9.17) is 5.11 Å². The first-order valence-corrected chi connectivity index (χ1v) is 4.23. The zero-order chi connectivity index (χ0) is 9.35. The minimum atomic E-state index is -4.89. The highest BCUT2D eigenvalue weighted by molar-refractivity contribution is 7.86. The molecule has 6 heteroatoms. The fourth-order valence-corrected chi connectivity index (χ4v) is 1.11. The first kappa shape index (κ1) is 8.92. The van der Waals surface area contributed by atoms with E-state index < -0.39 is 26.7 Å². The second-order valence-electron chi connectivity index (χ2n) is 2.05. The standard InChI is InChI=1S/C6H4F2O3S/c7-5-3-4(12(8,10)11)1-2-6(5)9/h1-3,9H. The van der Waals surface area contributed by atoms with Gasteiger partial charge in [0.25, 0.3) is 0 Å². The molecular weight excluding hydrogens is 190 g/mol. The number of phenols is 1. The van der Waals surface area contributed by atoms with Crippen LogP contribution in [0, 0.1) is 5.82 Å². The van der Waals surface area contributed by atoms with Crippen LogP contribution in [-0.2, 0) is 10.2 Å². The van der Waals surface area contributed by atoms with Gasteiger partial charge in [0, 0.05) is 0 Å². The van der Waals surface area contributed by atoms with Gasteiger partial charge in [-0.3, -0.25) is 0 Å². The highest BCUT2D eigenvalue weighted by Gasteiger charge is 2.13. The number of halogens is 2. The molecule has 3 nitrogen and oxygen atoms in total. The molecule has 1 aromatic carbocycles. The Morgan fingerprint density at radius 3 is 2.33 bits per heavy atom. The van der Waals surface area contributed by atoms with Gasteiger partial charge in [0.2, 0.25) is 0 Å². The maximum absolute atomic E-state index is 12.4. The van der Waals surface area contributed by atoms with E-state index in [0.29, 0.717) is 6.07 Å². The Kier molecular flexibility index (Phi) is 2.01. The Labute approximate surface area is 67.5 Å². The molecule has 1 aromatic rings. The summed E-state index contributed by atoms with van der Waals surface area (Å²) in [6.45, 7) is 0. The van der Waals surface area contributed by atoms with E-state index >= 15 is 0 Å². The summed E-state index contributed by atoms with van der Waals surface area (Å²) in [5.74, 6) is -1.89. The highest BCUT2D eigenvalue weighted by atomic mass is 32.3. The van der Waals surface area contributed by atoms with Crippen molar-refractivity contribution in [1.29, 1.82) is 0 Å². The van der Waals surface area contributed by atoms with Crippen LogP contribution in [0.2, 0.25) is 0 Å². The molecule has 0 amide bonds. The minimum absolute atomic E-state index is 0.407. The molecule has 1 rings (SSSR count). The summed E-state index contributed by atoms with van der Waals surface area (Å²) < 4.78 is 44.9. The van der Waals surface area contributed by atoms with Crippen LogP contribution in [0.4, 0.5) is 8.28 Å². The average Bonchev–Trinajstić information content (AvgIpc) is 1.92. The van der Waals surface area contributed by atoms with Crippen molar-refractivity contribution in [2.24, 2.45) is 0 Å². The summed E-state index contributed by atoms with van der Waals surface area (Å²) in [6, 6.07) is 1.94. The average molecular weight is 194 g/mol. The van der Waals surface area contributed by atoms with Crippen LogP contribution in [0.1, 0.15) is 0 Å². The van der Waals surface area contributed by atoms with Crippen molar-refractivity contribution < 1.29 is 21.8 Å². The summed E-state index contributed by atoms with van der Waals surface area (Å²) in [7, 11) is -4.89. The third-order valence-corrected chi connectivity index (χ3v) is 2.02. The molecule has 0 spiro atoms. The Balaban J connectivity index is 3.33. The summed E-state index contributed by atoms with van der Waals surface area (Å²) in [4.78, 5) is -0.808.